The molecule has 0 spiro atoms. The number of carbonyl (C=O) groups is 1. The molecule has 0 aliphatic rings. The number of rotatable bonds is 5. The van der Waals surface area contributed by atoms with E-state index >= 15 is 0 Å². The molecule has 0 saturated carbocycles. The van der Waals surface area contributed by atoms with Crippen LogP contribution in [-0.4, -0.2) is 29.5 Å². The van der Waals surface area contributed by atoms with Crippen LogP contribution in [0, 0.1) is 0 Å². The Balaban J connectivity index is 2.38. The van der Waals surface area contributed by atoms with Crippen LogP contribution in [0.3, 0.4) is 0 Å². The molecule has 102 valence electrons. The van der Waals surface area contributed by atoms with Crippen LogP contribution in [0.25, 0.3) is 10.2 Å². The second-order valence-corrected chi connectivity index (χ2v) is 4.97. The number of nitrogen functional groups attached to an aromatic ring is 1. The summed E-state index contributed by atoms with van der Waals surface area (Å²) in [5.41, 5.74) is 2.43. The molecule has 0 unspecified atom stereocenters. The Morgan fingerprint density at radius 1 is 1.47 bits per heavy atom. The van der Waals surface area contributed by atoms with E-state index in [1.165, 1.54) is 4.88 Å². The van der Waals surface area contributed by atoms with Crippen LogP contribution in [0.4, 0.5) is 11.8 Å². The number of hydrogen-bond donors (Lipinski definition) is 4. The van der Waals surface area contributed by atoms with E-state index in [0.717, 1.165) is 16.6 Å². The Labute approximate surface area is 114 Å². The van der Waals surface area contributed by atoms with Gasteiger partial charge < -0.3 is 10.6 Å². The van der Waals surface area contributed by atoms with Crippen molar-refractivity contribution in [2.75, 3.05) is 24.3 Å². The average molecular weight is 280 g/mol. The molecule has 0 atom stereocenters. The van der Waals surface area contributed by atoms with Gasteiger partial charge in [0, 0.05) is 11.9 Å². The minimum atomic E-state index is -0.111. The van der Waals surface area contributed by atoms with Gasteiger partial charge in [0.2, 0.25) is 11.9 Å². The van der Waals surface area contributed by atoms with Crippen molar-refractivity contribution in [1.29, 1.82) is 0 Å². The molecule has 0 saturated heterocycles. The van der Waals surface area contributed by atoms with E-state index in [4.69, 9.17) is 5.84 Å². The summed E-state index contributed by atoms with van der Waals surface area (Å²) in [6, 6.07) is 2.03. The summed E-state index contributed by atoms with van der Waals surface area (Å²) in [5, 5.41) is 6.45. The van der Waals surface area contributed by atoms with Gasteiger partial charge in [-0.3, -0.25) is 10.2 Å². The van der Waals surface area contributed by atoms with Gasteiger partial charge >= 0.3 is 0 Å². The molecule has 0 aliphatic heterocycles. The summed E-state index contributed by atoms with van der Waals surface area (Å²) in [6.07, 6.45) is 0.932. The Bertz CT molecular complexity index is 596. The summed E-state index contributed by atoms with van der Waals surface area (Å²) in [5.74, 6) is 6.18. The molecule has 2 aromatic rings. The van der Waals surface area contributed by atoms with E-state index in [1.807, 2.05) is 6.07 Å². The molecule has 2 rings (SSSR count). The van der Waals surface area contributed by atoms with Gasteiger partial charge in [-0.25, -0.2) is 10.8 Å². The van der Waals surface area contributed by atoms with Crippen molar-refractivity contribution in [3.8, 4) is 0 Å². The minimum Gasteiger partial charge on any atom is -0.360 e. The van der Waals surface area contributed by atoms with Gasteiger partial charge in [-0.15, -0.1) is 11.3 Å². The first-order valence-electron chi connectivity index (χ1n) is 5.89. The lowest BCUT2D eigenvalue weighted by Gasteiger charge is -2.07. The first-order chi connectivity index (χ1) is 9.17. The highest BCUT2D eigenvalue weighted by atomic mass is 32.1. The predicted molar refractivity (Wildman–Crippen MR) is 77.2 cm³/mol. The minimum absolute atomic E-state index is 0.111. The fourth-order valence-electron chi connectivity index (χ4n) is 1.60. The van der Waals surface area contributed by atoms with Crippen LogP contribution < -0.4 is 21.9 Å². The summed E-state index contributed by atoms with van der Waals surface area (Å²) in [7, 11) is 1.59. The van der Waals surface area contributed by atoms with Crippen molar-refractivity contribution < 1.29 is 4.79 Å². The third kappa shape index (κ3) is 2.91. The van der Waals surface area contributed by atoms with Crippen molar-refractivity contribution in [3.63, 3.8) is 0 Å². The molecular formula is C11H16N6OS. The second kappa shape index (κ2) is 5.81. The van der Waals surface area contributed by atoms with Crippen molar-refractivity contribution in [2.45, 2.75) is 13.3 Å². The average Bonchev–Trinajstić information content (AvgIpc) is 2.86. The van der Waals surface area contributed by atoms with Crippen LogP contribution in [0.1, 0.15) is 11.8 Å². The van der Waals surface area contributed by atoms with Gasteiger partial charge in [0.05, 0.1) is 11.9 Å². The number of aryl methyl sites for hydroxylation is 1. The summed E-state index contributed by atoms with van der Waals surface area (Å²) in [4.78, 5) is 21.9. The predicted octanol–water partition coefficient (Wildman–Crippen LogP) is 0.697. The number of likely N-dealkylation sites (N-methyl/N-ethyl adjacent to an activating group) is 1. The summed E-state index contributed by atoms with van der Waals surface area (Å²) >= 11 is 1.59. The third-order valence-corrected chi connectivity index (χ3v) is 3.79. The lowest BCUT2D eigenvalue weighted by atomic mass is 10.3. The van der Waals surface area contributed by atoms with Gasteiger partial charge in [-0.05, 0) is 12.5 Å². The zero-order valence-corrected chi connectivity index (χ0v) is 11.6. The first kappa shape index (κ1) is 13.5. The van der Waals surface area contributed by atoms with Crippen molar-refractivity contribution in [3.05, 3.63) is 10.9 Å². The Morgan fingerprint density at radius 2 is 2.26 bits per heavy atom. The highest BCUT2D eigenvalue weighted by molar-refractivity contribution is 7.18. The molecule has 8 heteroatoms. The molecule has 0 radical (unpaired) electrons. The van der Waals surface area contributed by atoms with E-state index in [-0.39, 0.29) is 12.5 Å². The zero-order chi connectivity index (χ0) is 13.8. The van der Waals surface area contributed by atoms with Crippen LogP contribution in [-0.2, 0) is 11.2 Å². The highest BCUT2D eigenvalue weighted by Crippen LogP contribution is 2.30. The Morgan fingerprint density at radius 3 is 2.89 bits per heavy atom. The largest absolute Gasteiger partial charge is 0.360 e. The summed E-state index contributed by atoms with van der Waals surface area (Å²) in [6.45, 7) is 2.24. The van der Waals surface area contributed by atoms with Crippen LogP contribution in [0.5, 0.6) is 0 Å². The van der Waals surface area contributed by atoms with E-state index in [0.29, 0.717) is 11.8 Å². The molecular weight excluding hydrogens is 264 g/mol. The molecule has 0 aromatic carbocycles. The number of nitrogens with one attached hydrogen (secondary N) is 3. The quantitative estimate of drug-likeness (QED) is 0.474. The maximum absolute atomic E-state index is 11.3. The highest BCUT2D eigenvalue weighted by Gasteiger charge is 2.11. The topological polar surface area (TPSA) is 105 Å². The van der Waals surface area contributed by atoms with Crippen LogP contribution >= 0.6 is 11.3 Å². The van der Waals surface area contributed by atoms with E-state index in [2.05, 4.69) is 33.0 Å². The number of carbonyl (C=O) groups excluding carboxylic acids is 1. The number of hydrogen-bond acceptors (Lipinski definition) is 7. The number of nitrogens with two attached hydrogens (primary N) is 1. The third-order valence-electron chi connectivity index (χ3n) is 2.62. The fraction of sp³-hybridized carbons (Fsp3) is 0.364. The summed E-state index contributed by atoms with van der Waals surface area (Å²) < 4.78 is 0. The Kier molecular flexibility index (Phi) is 4.13. The number of amides is 1. The smallest absolute Gasteiger partial charge is 0.240 e. The molecule has 2 aromatic heterocycles. The standard InChI is InChI=1S/C11H16N6OS/c1-3-6-4-7-9(14-5-8(18)13-2)15-11(17-12)16-10(7)19-6/h4H,3,5,12H2,1-2H3,(H,13,18)(H2,14,15,16,17). The number of fused-ring (bicyclic) bond motifs is 1. The van der Waals surface area contributed by atoms with Gasteiger partial charge in [-0.1, -0.05) is 6.92 Å². The van der Waals surface area contributed by atoms with Crippen LogP contribution in [0.2, 0.25) is 0 Å². The lowest BCUT2D eigenvalue weighted by Crippen LogP contribution is -2.26. The lowest BCUT2D eigenvalue weighted by molar-refractivity contribution is -0.118. The van der Waals surface area contributed by atoms with E-state index in [9.17, 15) is 4.79 Å². The number of hydrazine groups is 1. The molecule has 7 nitrogen and oxygen atoms in total. The maximum Gasteiger partial charge on any atom is 0.240 e. The normalized spacial score (nSPS) is 10.5. The maximum atomic E-state index is 11.3. The van der Waals surface area contributed by atoms with Gasteiger partial charge in [-0.2, -0.15) is 4.98 Å². The SMILES string of the molecule is CCc1cc2c(NCC(=O)NC)nc(NN)nc2s1. The molecule has 0 aliphatic carbocycles. The van der Waals surface area contributed by atoms with Crippen molar-refractivity contribution in [2.24, 2.45) is 5.84 Å². The number of anilines is 2. The second-order valence-electron chi connectivity index (χ2n) is 3.85. The number of nitrogens with zero attached hydrogens (tertiary/aromatic N) is 2. The molecule has 0 fully saturated rings. The molecule has 5 N–H and O–H groups in total. The van der Waals surface area contributed by atoms with Gasteiger partial charge in [0.25, 0.3) is 0 Å². The Hall–Kier alpha value is -1.93. The number of aromatic nitrogens is 2. The molecule has 1 amide bonds. The van der Waals surface area contributed by atoms with Crippen molar-refractivity contribution >= 4 is 39.2 Å². The molecule has 0 bridgehead atoms. The zero-order valence-electron chi connectivity index (χ0n) is 10.8. The molecule has 2 heterocycles. The molecule has 19 heavy (non-hydrogen) atoms. The number of thiophene rings is 1. The first-order valence-corrected chi connectivity index (χ1v) is 6.71. The van der Waals surface area contributed by atoms with Crippen molar-refractivity contribution in [1.82, 2.24) is 15.3 Å². The van der Waals surface area contributed by atoms with E-state index in [1.54, 1.807) is 18.4 Å². The monoisotopic (exact) mass is 280 g/mol. The van der Waals surface area contributed by atoms with E-state index < -0.39 is 0 Å². The van der Waals surface area contributed by atoms with Gasteiger partial charge in [0.1, 0.15) is 10.6 Å². The fourth-order valence-corrected chi connectivity index (χ4v) is 2.56. The van der Waals surface area contributed by atoms with Crippen LogP contribution in [0.15, 0.2) is 6.07 Å². The van der Waals surface area contributed by atoms with Gasteiger partial charge in [0.15, 0.2) is 0 Å².